The Hall–Kier alpha value is -7.74. The van der Waals surface area contributed by atoms with E-state index in [0.717, 1.165) is 17.1 Å². The van der Waals surface area contributed by atoms with Crippen LogP contribution in [0.15, 0.2) is 243 Å². The van der Waals surface area contributed by atoms with Gasteiger partial charge in [0.25, 0.3) is 0 Å². The number of benzene rings is 10. The molecule has 0 unspecified atom stereocenters. The third-order valence-electron chi connectivity index (χ3n) is 12.7. The topological polar surface area (TPSA) is 3.24 Å². The predicted octanol–water partition coefficient (Wildman–Crippen LogP) is 16.0. The van der Waals surface area contributed by atoms with E-state index in [1.54, 1.807) is 0 Å². The summed E-state index contributed by atoms with van der Waals surface area (Å²) in [5, 5.41) is 2.50. The smallest absolute Gasteiger partial charge is 0.0714 e. The van der Waals surface area contributed by atoms with Gasteiger partial charge in [-0.3, -0.25) is 0 Å². The second kappa shape index (κ2) is 15.1. The van der Waals surface area contributed by atoms with E-state index in [1.807, 2.05) is 0 Å². The molecule has 0 aromatic heterocycles. The highest BCUT2D eigenvalue weighted by Gasteiger charge is 2.47. The van der Waals surface area contributed by atoms with Gasteiger partial charge in [-0.25, -0.2) is 0 Å². The first-order chi connectivity index (χ1) is 30.2. The lowest BCUT2D eigenvalue weighted by Gasteiger charge is -2.34. The maximum Gasteiger partial charge on any atom is 0.0714 e. The lowest BCUT2D eigenvalue weighted by atomic mass is 9.68. The zero-order valence-electron chi connectivity index (χ0n) is 34.0. The van der Waals surface area contributed by atoms with Gasteiger partial charge in [-0.05, 0) is 121 Å². The third kappa shape index (κ3) is 6.17. The number of rotatable bonds is 8. The van der Waals surface area contributed by atoms with Crippen molar-refractivity contribution < 1.29 is 0 Å². The summed E-state index contributed by atoms with van der Waals surface area (Å²) in [5.41, 5.74) is 19.0. The highest BCUT2D eigenvalue weighted by atomic mass is 15.1. The number of hydrogen-bond donors (Lipinski definition) is 0. The highest BCUT2D eigenvalue weighted by molar-refractivity contribution is 5.98. The third-order valence-corrected chi connectivity index (χ3v) is 12.7. The van der Waals surface area contributed by atoms with E-state index in [9.17, 15) is 0 Å². The summed E-state index contributed by atoms with van der Waals surface area (Å²) in [4.78, 5) is 2.49. The van der Waals surface area contributed by atoms with Crippen LogP contribution >= 0.6 is 0 Å². The van der Waals surface area contributed by atoms with E-state index in [4.69, 9.17) is 0 Å². The number of nitrogens with zero attached hydrogens (tertiary/aromatic N) is 1. The molecule has 1 aliphatic rings. The fourth-order valence-electron chi connectivity index (χ4n) is 9.81. The molecule has 61 heavy (non-hydrogen) atoms. The predicted molar refractivity (Wildman–Crippen MR) is 257 cm³/mol. The van der Waals surface area contributed by atoms with Crippen LogP contribution in [0.4, 0.5) is 17.1 Å². The van der Waals surface area contributed by atoms with Gasteiger partial charge in [-0.2, -0.15) is 0 Å². The summed E-state index contributed by atoms with van der Waals surface area (Å²) in [5.74, 6) is 0. The Bertz CT molecular complexity index is 3130. The van der Waals surface area contributed by atoms with Gasteiger partial charge < -0.3 is 4.90 Å². The maximum atomic E-state index is 2.49. The van der Waals surface area contributed by atoms with Crippen LogP contribution < -0.4 is 4.90 Å². The van der Waals surface area contributed by atoms with Crippen LogP contribution in [0.3, 0.4) is 0 Å². The highest BCUT2D eigenvalue weighted by Crippen LogP contribution is 2.59. The van der Waals surface area contributed by atoms with Crippen molar-refractivity contribution in [2.75, 3.05) is 4.90 Å². The van der Waals surface area contributed by atoms with E-state index in [-0.39, 0.29) is 0 Å². The summed E-state index contributed by atoms with van der Waals surface area (Å²) in [6.45, 7) is 2.25. The average molecular weight is 778 g/mol. The van der Waals surface area contributed by atoms with Crippen molar-refractivity contribution in [2.24, 2.45) is 0 Å². The van der Waals surface area contributed by atoms with Crippen molar-refractivity contribution in [3.05, 3.63) is 270 Å². The van der Waals surface area contributed by atoms with Crippen molar-refractivity contribution in [2.45, 2.75) is 12.3 Å². The largest absolute Gasteiger partial charge is 0.310 e. The fourth-order valence-corrected chi connectivity index (χ4v) is 9.81. The van der Waals surface area contributed by atoms with Crippen molar-refractivity contribution >= 4 is 27.8 Å². The Balaban J connectivity index is 1.10. The summed E-state index contributed by atoms with van der Waals surface area (Å²) < 4.78 is 0. The molecule has 0 bridgehead atoms. The van der Waals surface area contributed by atoms with Crippen molar-refractivity contribution in [1.82, 2.24) is 0 Å². The molecule has 0 fully saturated rings. The minimum Gasteiger partial charge on any atom is -0.310 e. The van der Waals surface area contributed by atoms with Gasteiger partial charge in [0.15, 0.2) is 0 Å². The lowest BCUT2D eigenvalue weighted by molar-refractivity contribution is 0.768. The molecule has 10 aromatic carbocycles. The first-order valence-electron chi connectivity index (χ1n) is 21.2. The van der Waals surface area contributed by atoms with E-state index < -0.39 is 5.41 Å². The van der Waals surface area contributed by atoms with Crippen LogP contribution in [0, 0.1) is 6.92 Å². The standard InChI is InChI=1S/C60H43N/c1-42-40-49(46-30-28-45(29-31-46)43-16-5-2-6-17-43)36-39-57(42)61(53-37-34-47(35-38-53)50-33-32-44-18-11-12-19-48(44)41-50)58-27-15-26-56-59(58)54-24-13-14-25-55(54)60(56,51-20-7-3-8-21-51)52-22-9-4-10-23-52/h2-41H,1H3. The van der Waals surface area contributed by atoms with Gasteiger partial charge >= 0.3 is 0 Å². The first-order valence-corrected chi connectivity index (χ1v) is 21.2. The van der Waals surface area contributed by atoms with Crippen LogP contribution in [0.25, 0.3) is 55.3 Å². The molecule has 0 saturated carbocycles. The Labute approximate surface area is 358 Å². The van der Waals surface area contributed by atoms with Crippen LogP contribution in [0.5, 0.6) is 0 Å². The van der Waals surface area contributed by atoms with Crippen LogP contribution in [0.1, 0.15) is 27.8 Å². The van der Waals surface area contributed by atoms with Gasteiger partial charge in [-0.1, -0.05) is 206 Å². The van der Waals surface area contributed by atoms with Gasteiger partial charge in [-0.15, -0.1) is 0 Å². The molecule has 0 atom stereocenters. The Morgan fingerprint density at radius 2 is 0.820 bits per heavy atom. The second-order valence-electron chi connectivity index (χ2n) is 16.1. The molecule has 0 saturated heterocycles. The quantitative estimate of drug-likeness (QED) is 0.149. The average Bonchev–Trinajstić information content (AvgIpc) is 3.65. The zero-order chi connectivity index (χ0) is 40.8. The molecule has 0 aliphatic heterocycles. The molecule has 288 valence electrons. The maximum absolute atomic E-state index is 2.49. The Morgan fingerprint density at radius 1 is 0.328 bits per heavy atom. The Morgan fingerprint density at radius 3 is 1.49 bits per heavy atom. The summed E-state index contributed by atoms with van der Waals surface area (Å²) in [6, 6.07) is 89.1. The van der Waals surface area contributed by atoms with Gasteiger partial charge in [0.05, 0.1) is 11.1 Å². The number of aryl methyl sites for hydroxylation is 1. The monoisotopic (exact) mass is 777 g/mol. The van der Waals surface area contributed by atoms with E-state index in [0.29, 0.717) is 0 Å². The first kappa shape index (κ1) is 36.3. The SMILES string of the molecule is Cc1cc(-c2ccc(-c3ccccc3)cc2)ccc1N(c1ccc(-c2ccc3ccccc3c2)cc1)c1cccc2c1-c1ccccc1C2(c1ccccc1)c1ccccc1. The van der Waals surface area contributed by atoms with E-state index in [1.165, 1.54) is 83.1 Å². The fraction of sp³-hybridized carbons (Fsp3) is 0.0333. The molecule has 0 amide bonds. The van der Waals surface area contributed by atoms with Gasteiger partial charge in [0, 0.05) is 16.9 Å². The van der Waals surface area contributed by atoms with Crippen LogP contribution in [-0.2, 0) is 5.41 Å². The second-order valence-corrected chi connectivity index (χ2v) is 16.1. The Kier molecular flexibility index (Phi) is 9.02. The summed E-state index contributed by atoms with van der Waals surface area (Å²) in [6.07, 6.45) is 0. The van der Waals surface area contributed by atoms with Crippen molar-refractivity contribution in [1.29, 1.82) is 0 Å². The number of fused-ring (bicyclic) bond motifs is 4. The van der Waals surface area contributed by atoms with Crippen LogP contribution in [-0.4, -0.2) is 0 Å². The van der Waals surface area contributed by atoms with Crippen molar-refractivity contribution in [3.8, 4) is 44.5 Å². The molecule has 1 nitrogen and oxygen atoms in total. The molecule has 0 heterocycles. The minimum absolute atomic E-state index is 0.499. The molecule has 1 heteroatoms. The normalized spacial score (nSPS) is 12.5. The van der Waals surface area contributed by atoms with E-state index >= 15 is 0 Å². The van der Waals surface area contributed by atoms with Crippen molar-refractivity contribution in [3.63, 3.8) is 0 Å². The molecule has 11 rings (SSSR count). The lowest BCUT2D eigenvalue weighted by Crippen LogP contribution is -2.28. The number of anilines is 3. The molecule has 0 spiro atoms. The molecule has 10 aromatic rings. The van der Waals surface area contributed by atoms with Crippen LogP contribution in [0.2, 0.25) is 0 Å². The zero-order valence-corrected chi connectivity index (χ0v) is 34.0. The molecule has 1 aliphatic carbocycles. The molecular formula is C60H43N. The van der Waals surface area contributed by atoms with E-state index in [2.05, 4.69) is 254 Å². The summed E-state index contributed by atoms with van der Waals surface area (Å²) in [7, 11) is 0. The molecular weight excluding hydrogens is 735 g/mol. The van der Waals surface area contributed by atoms with Gasteiger partial charge in [0.1, 0.15) is 0 Å². The minimum atomic E-state index is -0.499. The molecule has 0 radical (unpaired) electrons. The summed E-state index contributed by atoms with van der Waals surface area (Å²) >= 11 is 0. The molecule has 0 N–H and O–H groups in total. The number of hydrogen-bond acceptors (Lipinski definition) is 1. The van der Waals surface area contributed by atoms with Gasteiger partial charge in [0.2, 0.25) is 0 Å².